The molecule has 0 saturated carbocycles. The van der Waals surface area contributed by atoms with Crippen LogP contribution in [0.4, 0.5) is 0 Å². The Morgan fingerprint density at radius 3 is 2.38 bits per heavy atom. The van der Waals surface area contributed by atoms with E-state index >= 15 is 0 Å². The summed E-state index contributed by atoms with van der Waals surface area (Å²) in [6, 6.07) is 0. The molecular weight excluding hydrogens is 132 g/mol. The minimum atomic E-state index is -3.74. The summed E-state index contributed by atoms with van der Waals surface area (Å²) in [6.07, 6.45) is 0. The molecule has 0 atom stereocenters. The molecule has 0 bridgehead atoms. The van der Waals surface area contributed by atoms with Gasteiger partial charge in [-0.05, 0) is 0 Å². The number of hydrogen-bond donors (Lipinski definition) is 2. The molecule has 5 nitrogen and oxygen atoms in total. The molecule has 0 amide bonds. The van der Waals surface area contributed by atoms with E-state index in [1.807, 2.05) is 5.48 Å². The number of hydrogen-bond acceptors (Lipinski definition) is 5. The summed E-state index contributed by atoms with van der Waals surface area (Å²) in [5, 5.41) is 6.23. The Morgan fingerprint density at radius 1 is 1.75 bits per heavy atom. The van der Waals surface area contributed by atoms with Gasteiger partial charge in [0.15, 0.2) is 0 Å². The zero-order valence-electron chi connectivity index (χ0n) is 4.21. The van der Waals surface area contributed by atoms with Crippen LogP contribution < -0.4 is 5.48 Å². The highest BCUT2D eigenvalue weighted by atomic mass is 32.2. The molecule has 6 heteroatoms. The molecule has 48 valence electrons. The molecule has 0 spiro atoms. The molecule has 0 aromatic heterocycles. The molecule has 2 N–H and O–H groups in total. The van der Waals surface area contributed by atoms with Gasteiger partial charge in [-0.3, -0.25) is 5.41 Å². The van der Waals surface area contributed by atoms with E-state index in [1.165, 1.54) is 7.05 Å². The first kappa shape index (κ1) is 7.54. The van der Waals surface area contributed by atoms with Crippen molar-refractivity contribution in [2.24, 2.45) is 0 Å². The molecule has 0 heterocycles. The first-order valence-electron chi connectivity index (χ1n) is 1.73. The van der Waals surface area contributed by atoms with E-state index in [0.717, 1.165) is 0 Å². The maximum atomic E-state index is 10.1. The molecule has 8 heavy (non-hydrogen) atoms. The van der Waals surface area contributed by atoms with Gasteiger partial charge in [-0.15, -0.1) is 0 Å². The molecule has 0 rings (SSSR count). The third kappa shape index (κ3) is 2.67. The van der Waals surface area contributed by atoms with Crippen molar-refractivity contribution in [2.45, 2.75) is 0 Å². The summed E-state index contributed by atoms with van der Waals surface area (Å²) >= 11 is 0. The van der Waals surface area contributed by atoms with Crippen molar-refractivity contribution >= 4 is 15.7 Å². The van der Waals surface area contributed by atoms with Crippen molar-refractivity contribution < 1.29 is 12.7 Å². The molecule has 0 unspecified atom stereocenters. The molecular formula is C2H6N2O3S. The topological polar surface area (TPSA) is 79.2 Å². The zero-order chi connectivity index (χ0) is 6.62. The van der Waals surface area contributed by atoms with Crippen LogP contribution in [0.3, 0.4) is 0 Å². The number of nitrogens with one attached hydrogen (secondary N) is 2. The average Bonchev–Trinajstić information content (AvgIpc) is 1.67. The van der Waals surface area contributed by atoms with Crippen LogP contribution in [0.2, 0.25) is 0 Å². The Morgan fingerprint density at radius 2 is 2.25 bits per heavy atom. The van der Waals surface area contributed by atoms with E-state index in [9.17, 15) is 8.42 Å². The molecule has 0 aliphatic carbocycles. The minimum absolute atomic E-state index is 0.212. The highest BCUT2D eigenvalue weighted by molar-refractivity contribution is 8.00. The predicted octanol–water partition coefficient (Wildman–Crippen LogP) is -0.926. The van der Waals surface area contributed by atoms with Crippen LogP contribution in [0.1, 0.15) is 0 Å². The largest absolute Gasteiger partial charge is 0.322 e. The summed E-state index contributed by atoms with van der Waals surface area (Å²) in [7, 11) is -2.45. The molecule has 0 aliphatic rings. The van der Waals surface area contributed by atoms with Crippen LogP contribution in [0.5, 0.6) is 0 Å². The maximum Gasteiger partial charge on any atom is 0.322 e. The molecule has 0 aliphatic heterocycles. The predicted molar refractivity (Wildman–Crippen MR) is 27.8 cm³/mol. The van der Waals surface area contributed by atoms with Crippen molar-refractivity contribution in [2.75, 3.05) is 7.05 Å². The monoisotopic (exact) mass is 138 g/mol. The summed E-state index contributed by atoms with van der Waals surface area (Å²) in [4.78, 5) is 0. The second-order valence-corrected chi connectivity index (χ2v) is 2.29. The fourth-order valence-corrected chi connectivity index (χ4v) is 0.421. The Balaban J connectivity index is 3.95. The van der Waals surface area contributed by atoms with Crippen LogP contribution >= 0.6 is 0 Å². The van der Waals surface area contributed by atoms with Gasteiger partial charge in [-0.1, -0.05) is 0 Å². The van der Waals surface area contributed by atoms with Gasteiger partial charge >= 0.3 is 10.1 Å². The molecule has 0 fully saturated rings. The van der Waals surface area contributed by atoms with Crippen LogP contribution in [0.25, 0.3) is 0 Å². The van der Waals surface area contributed by atoms with Crippen molar-refractivity contribution in [3.05, 3.63) is 0 Å². The number of hydroxylamine groups is 1. The van der Waals surface area contributed by atoms with Crippen LogP contribution in [0, 0.1) is 5.41 Å². The fraction of sp³-hybridized carbons (Fsp3) is 0.500. The SMILES string of the molecule is CNOS(=O)(=O)C=N. The van der Waals surface area contributed by atoms with Crippen molar-refractivity contribution in [3.8, 4) is 0 Å². The van der Waals surface area contributed by atoms with E-state index in [1.54, 1.807) is 0 Å². The Bertz CT molecular complexity index is 160. The Hall–Kier alpha value is -0.460. The lowest BCUT2D eigenvalue weighted by Gasteiger charge is -1.92. The molecule has 0 aromatic rings. The Labute approximate surface area is 47.2 Å². The van der Waals surface area contributed by atoms with Crippen molar-refractivity contribution in [3.63, 3.8) is 0 Å². The first-order chi connectivity index (χ1) is 3.62. The lowest BCUT2D eigenvalue weighted by atomic mass is 11.6. The second kappa shape index (κ2) is 2.75. The average molecular weight is 138 g/mol. The van der Waals surface area contributed by atoms with E-state index in [0.29, 0.717) is 0 Å². The summed E-state index contributed by atoms with van der Waals surface area (Å²) < 4.78 is 24.0. The van der Waals surface area contributed by atoms with Gasteiger partial charge in [0.1, 0.15) is 5.55 Å². The van der Waals surface area contributed by atoms with E-state index in [4.69, 9.17) is 5.41 Å². The summed E-state index contributed by atoms with van der Waals surface area (Å²) in [6.45, 7) is 0. The fourth-order valence-electron chi connectivity index (χ4n) is 0.140. The van der Waals surface area contributed by atoms with Crippen molar-refractivity contribution in [1.29, 1.82) is 5.41 Å². The van der Waals surface area contributed by atoms with Gasteiger partial charge in [0, 0.05) is 7.05 Å². The third-order valence-electron chi connectivity index (χ3n) is 0.344. The van der Waals surface area contributed by atoms with Gasteiger partial charge in [-0.2, -0.15) is 18.2 Å². The van der Waals surface area contributed by atoms with E-state index in [2.05, 4.69) is 4.28 Å². The standard InChI is InChI=1S/C2H6N2O3S/c1-4-7-8(5,6)2-3/h2-4H,1H3. The second-order valence-electron chi connectivity index (χ2n) is 0.898. The zero-order valence-corrected chi connectivity index (χ0v) is 5.03. The highest BCUT2D eigenvalue weighted by Gasteiger charge is 2.01. The van der Waals surface area contributed by atoms with E-state index in [-0.39, 0.29) is 5.55 Å². The number of rotatable bonds is 3. The van der Waals surface area contributed by atoms with Crippen LogP contribution in [0.15, 0.2) is 0 Å². The molecule has 0 saturated heterocycles. The maximum absolute atomic E-state index is 10.1. The van der Waals surface area contributed by atoms with Gasteiger partial charge in [-0.25, -0.2) is 0 Å². The molecule has 0 aromatic carbocycles. The van der Waals surface area contributed by atoms with Gasteiger partial charge in [0.25, 0.3) is 0 Å². The smallest absolute Gasteiger partial charge is 0.295 e. The van der Waals surface area contributed by atoms with Gasteiger partial charge < -0.3 is 0 Å². The van der Waals surface area contributed by atoms with Crippen molar-refractivity contribution in [1.82, 2.24) is 5.48 Å². The summed E-state index contributed by atoms with van der Waals surface area (Å²) in [5.74, 6) is 0. The van der Waals surface area contributed by atoms with Gasteiger partial charge in [0.2, 0.25) is 0 Å². The minimum Gasteiger partial charge on any atom is -0.295 e. The normalized spacial score (nSPS) is 11.1. The van der Waals surface area contributed by atoms with E-state index < -0.39 is 10.1 Å². The lowest BCUT2D eigenvalue weighted by Crippen LogP contribution is -2.15. The quantitative estimate of drug-likeness (QED) is 0.300. The summed E-state index contributed by atoms with van der Waals surface area (Å²) in [5.41, 5.74) is 2.13. The van der Waals surface area contributed by atoms with Crippen LogP contribution in [-0.4, -0.2) is 21.0 Å². The highest BCUT2D eigenvalue weighted by Crippen LogP contribution is 1.78. The lowest BCUT2D eigenvalue weighted by molar-refractivity contribution is 0.238. The third-order valence-corrected chi connectivity index (χ3v) is 1.03. The Kier molecular flexibility index (Phi) is 2.59. The van der Waals surface area contributed by atoms with Gasteiger partial charge in [0.05, 0.1) is 0 Å². The molecule has 0 radical (unpaired) electrons. The van der Waals surface area contributed by atoms with Crippen LogP contribution in [-0.2, 0) is 14.4 Å². The first-order valence-corrected chi connectivity index (χ1v) is 3.20.